The molecule has 22 heavy (non-hydrogen) atoms. The molecule has 3 heteroatoms. The second-order valence-electron chi connectivity index (χ2n) is 5.87. The first-order valence-electron chi connectivity index (χ1n) is 8.39. The first-order chi connectivity index (χ1) is 10.6. The third-order valence-electron chi connectivity index (χ3n) is 4.08. The number of unbranched alkanes of at least 4 members (excludes halogenated alkanes) is 4. The van der Waals surface area contributed by atoms with Crippen molar-refractivity contribution in [3.8, 4) is 0 Å². The molecule has 0 saturated carbocycles. The van der Waals surface area contributed by atoms with E-state index in [1.165, 1.54) is 37.7 Å². The van der Waals surface area contributed by atoms with E-state index in [2.05, 4.69) is 47.1 Å². The van der Waals surface area contributed by atoms with E-state index in [4.69, 9.17) is 0 Å². The number of halogens is 3. The lowest BCUT2D eigenvalue weighted by Gasteiger charge is -2.17. The zero-order valence-electron chi connectivity index (χ0n) is 13.5. The van der Waals surface area contributed by atoms with Gasteiger partial charge in [-0.05, 0) is 53.1 Å². The van der Waals surface area contributed by atoms with E-state index in [0.29, 0.717) is 12.3 Å². The van der Waals surface area contributed by atoms with Gasteiger partial charge < -0.3 is 0 Å². The zero-order valence-corrected chi connectivity index (χ0v) is 15.0. The molecule has 0 aliphatic rings. The lowest BCUT2D eigenvalue weighted by Crippen LogP contribution is -1.99. The molecule has 0 aliphatic carbocycles. The van der Waals surface area contributed by atoms with Crippen LogP contribution in [0, 0.1) is 0 Å². The molecule has 0 fully saturated rings. The van der Waals surface area contributed by atoms with Crippen LogP contribution in [0.5, 0.6) is 0 Å². The Morgan fingerprint density at radius 1 is 0.955 bits per heavy atom. The number of hydrogen-bond acceptors (Lipinski definition) is 0. The van der Waals surface area contributed by atoms with E-state index in [0.717, 1.165) is 19.3 Å². The third-order valence-corrected chi connectivity index (χ3v) is 4.78. The van der Waals surface area contributed by atoms with Crippen molar-refractivity contribution in [3.05, 3.63) is 46.5 Å². The quantitative estimate of drug-likeness (QED) is 0.347. The number of rotatable bonds is 11. The molecule has 0 heterocycles. The molecule has 1 atom stereocenters. The summed E-state index contributed by atoms with van der Waals surface area (Å²) < 4.78 is 24.9. The van der Waals surface area contributed by atoms with Crippen LogP contribution < -0.4 is 0 Å². The van der Waals surface area contributed by atoms with Crippen molar-refractivity contribution in [3.63, 3.8) is 0 Å². The standard InChI is InChI=1S/C19H27BrF2/c1-2-3-4-5-7-11-17(16-12-8-6-9-13-16)14-10-15-18(20)19(21)22/h6,8-9,12-13,17H,2-5,7,10-11,14-15H2,1H3. The minimum Gasteiger partial charge on any atom is -0.172 e. The predicted molar refractivity (Wildman–Crippen MR) is 94.6 cm³/mol. The Labute approximate surface area is 142 Å². The molecular formula is C19H27BrF2. The van der Waals surface area contributed by atoms with Crippen LogP contribution in [-0.4, -0.2) is 0 Å². The Bertz CT molecular complexity index is 424. The van der Waals surface area contributed by atoms with E-state index in [1.54, 1.807) is 0 Å². The summed E-state index contributed by atoms with van der Waals surface area (Å²) in [6, 6.07) is 10.5. The summed E-state index contributed by atoms with van der Waals surface area (Å²) >= 11 is 2.96. The fourth-order valence-electron chi connectivity index (χ4n) is 2.80. The first-order valence-corrected chi connectivity index (χ1v) is 9.19. The van der Waals surface area contributed by atoms with Gasteiger partial charge in [0.1, 0.15) is 0 Å². The van der Waals surface area contributed by atoms with Gasteiger partial charge in [-0.2, -0.15) is 8.78 Å². The van der Waals surface area contributed by atoms with E-state index >= 15 is 0 Å². The molecular weight excluding hydrogens is 346 g/mol. The Kier molecular flexibility index (Phi) is 10.4. The minimum atomic E-state index is -1.59. The van der Waals surface area contributed by atoms with Gasteiger partial charge in [0.2, 0.25) is 0 Å². The van der Waals surface area contributed by atoms with Gasteiger partial charge in [0, 0.05) is 0 Å². The predicted octanol–water partition coefficient (Wildman–Crippen LogP) is 7.80. The summed E-state index contributed by atoms with van der Waals surface area (Å²) in [5.74, 6) is 0.491. The molecule has 0 saturated heterocycles. The maximum atomic E-state index is 12.4. The highest BCUT2D eigenvalue weighted by molar-refractivity contribution is 9.11. The number of hydrogen-bond donors (Lipinski definition) is 0. The minimum absolute atomic E-state index is 0.0576. The van der Waals surface area contributed by atoms with Crippen molar-refractivity contribution in [1.82, 2.24) is 0 Å². The average molecular weight is 373 g/mol. The number of allylic oxidation sites excluding steroid dienone is 1. The summed E-state index contributed by atoms with van der Waals surface area (Å²) in [6.45, 7) is 2.22. The lowest BCUT2D eigenvalue weighted by molar-refractivity contribution is 0.413. The Balaban J connectivity index is 2.47. The highest BCUT2D eigenvalue weighted by atomic mass is 79.9. The van der Waals surface area contributed by atoms with Gasteiger partial charge >= 0.3 is 0 Å². The van der Waals surface area contributed by atoms with Crippen LogP contribution in [0.2, 0.25) is 0 Å². The molecule has 0 N–H and O–H groups in total. The van der Waals surface area contributed by atoms with Gasteiger partial charge in [-0.3, -0.25) is 0 Å². The first kappa shape index (κ1) is 19.3. The molecule has 124 valence electrons. The molecule has 1 rings (SSSR count). The van der Waals surface area contributed by atoms with E-state index in [-0.39, 0.29) is 4.48 Å². The lowest BCUT2D eigenvalue weighted by atomic mass is 9.88. The van der Waals surface area contributed by atoms with Crippen LogP contribution in [0.4, 0.5) is 8.78 Å². The Hall–Kier alpha value is -0.700. The molecule has 1 aromatic rings. The monoisotopic (exact) mass is 372 g/mol. The van der Waals surface area contributed by atoms with E-state index in [9.17, 15) is 8.78 Å². The molecule has 0 nitrogen and oxygen atoms in total. The highest BCUT2D eigenvalue weighted by Crippen LogP contribution is 2.30. The maximum absolute atomic E-state index is 12.4. The van der Waals surface area contributed by atoms with Crippen LogP contribution in [0.15, 0.2) is 40.9 Å². The smallest absolute Gasteiger partial charge is 0.172 e. The molecule has 0 amide bonds. The van der Waals surface area contributed by atoms with Crippen LogP contribution in [0.1, 0.15) is 76.2 Å². The molecule has 0 radical (unpaired) electrons. The van der Waals surface area contributed by atoms with Gasteiger partial charge in [-0.15, -0.1) is 0 Å². The van der Waals surface area contributed by atoms with Gasteiger partial charge in [0.25, 0.3) is 6.08 Å². The van der Waals surface area contributed by atoms with Crippen molar-refractivity contribution >= 4 is 15.9 Å². The molecule has 1 unspecified atom stereocenters. The molecule has 0 aliphatic heterocycles. The SMILES string of the molecule is CCCCCCCC(CCCC(Br)=C(F)F)c1ccccc1. The molecule has 1 aromatic carbocycles. The van der Waals surface area contributed by atoms with Gasteiger partial charge in [-0.25, -0.2) is 0 Å². The Morgan fingerprint density at radius 3 is 2.23 bits per heavy atom. The summed E-state index contributed by atoms with van der Waals surface area (Å²) in [7, 11) is 0. The second-order valence-corrected chi connectivity index (χ2v) is 6.83. The van der Waals surface area contributed by atoms with E-state index < -0.39 is 6.08 Å². The second kappa shape index (κ2) is 11.8. The fraction of sp³-hybridized carbons (Fsp3) is 0.579. The summed E-state index contributed by atoms with van der Waals surface area (Å²) in [5.41, 5.74) is 1.35. The molecule has 0 bridgehead atoms. The largest absolute Gasteiger partial charge is 0.280 e. The van der Waals surface area contributed by atoms with Gasteiger partial charge in [-0.1, -0.05) is 69.4 Å². The average Bonchev–Trinajstić information content (AvgIpc) is 2.53. The summed E-state index contributed by atoms with van der Waals surface area (Å²) in [6.07, 6.45) is 8.16. The summed E-state index contributed by atoms with van der Waals surface area (Å²) in [4.78, 5) is 0. The van der Waals surface area contributed by atoms with E-state index in [1.807, 2.05) is 6.07 Å². The van der Waals surface area contributed by atoms with Crippen LogP contribution >= 0.6 is 15.9 Å². The van der Waals surface area contributed by atoms with Crippen molar-refractivity contribution in [2.75, 3.05) is 0 Å². The topological polar surface area (TPSA) is 0 Å². The van der Waals surface area contributed by atoms with Crippen molar-refractivity contribution in [2.45, 2.75) is 70.6 Å². The van der Waals surface area contributed by atoms with Crippen LogP contribution in [0.3, 0.4) is 0 Å². The highest BCUT2D eigenvalue weighted by Gasteiger charge is 2.12. The summed E-state index contributed by atoms with van der Waals surface area (Å²) in [5, 5.41) is 0. The zero-order chi connectivity index (χ0) is 16.2. The van der Waals surface area contributed by atoms with Crippen LogP contribution in [0.25, 0.3) is 0 Å². The van der Waals surface area contributed by atoms with Crippen LogP contribution in [-0.2, 0) is 0 Å². The van der Waals surface area contributed by atoms with Crippen molar-refractivity contribution < 1.29 is 8.78 Å². The number of benzene rings is 1. The maximum Gasteiger partial charge on any atom is 0.280 e. The normalized spacial score (nSPS) is 12.2. The molecule has 0 aromatic heterocycles. The van der Waals surface area contributed by atoms with Crippen molar-refractivity contribution in [1.29, 1.82) is 0 Å². The van der Waals surface area contributed by atoms with Gasteiger partial charge in [0.15, 0.2) is 0 Å². The molecule has 0 spiro atoms. The Morgan fingerprint density at radius 2 is 1.59 bits per heavy atom. The van der Waals surface area contributed by atoms with Crippen molar-refractivity contribution in [2.24, 2.45) is 0 Å². The fourth-order valence-corrected chi connectivity index (χ4v) is 3.08. The van der Waals surface area contributed by atoms with Gasteiger partial charge in [0.05, 0.1) is 4.48 Å². The third kappa shape index (κ3) is 8.07.